The van der Waals surface area contributed by atoms with Crippen molar-refractivity contribution in [1.82, 2.24) is 4.90 Å². The molecule has 0 spiro atoms. The largest absolute Gasteiger partial charge is 0.477 e. The summed E-state index contributed by atoms with van der Waals surface area (Å²) in [4.78, 5) is 29.0. The average molecular weight is 268 g/mol. The molecule has 1 atom stereocenters. The zero-order valence-corrected chi connectivity index (χ0v) is 10.5. The van der Waals surface area contributed by atoms with Crippen molar-refractivity contribution in [2.45, 2.75) is 19.1 Å². The van der Waals surface area contributed by atoms with Crippen LogP contribution in [0, 0.1) is 0 Å². The molecule has 0 saturated carbocycles. The number of nitrogens with zero attached hydrogens (tertiary/aromatic N) is 2. The fourth-order valence-electron chi connectivity index (χ4n) is 1.62. The predicted molar refractivity (Wildman–Crippen MR) is 65.4 cm³/mol. The number of amides is 1. The van der Waals surface area contributed by atoms with Crippen molar-refractivity contribution in [3.8, 4) is 0 Å². The Hall–Kier alpha value is -1.89. The third-order valence-electron chi connectivity index (χ3n) is 2.57. The van der Waals surface area contributed by atoms with Crippen molar-refractivity contribution in [2.75, 3.05) is 7.05 Å². The number of aliphatic carboxylic acids is 1. The number of thiophene rings is 1. The maximum absolute atomic E-state index is 12.0. The average Bonchev–Trinajstić information content (AvgIpc) is 2.98. The van der Waals surface area contributed by atoms with Gasteiger partial charge in [-0.15, -0.1) is 0 Å². The predicted octanol–water partition coefficient (Wildman–Crippen LogP) is 0.936. The Morgan fingerprint density at radius 1 is 1.67 bits per heavy atom. The molecule has 1 aliphatic rings. The number of carboxylic acids is 1. The maximum Gasteiger partial charge on any atom is 0.353 e. The maximum atomic E-state index is 12.0. The highest BCUT2D eigenvalue weighted by Crippen LogP contribution is 2.15. The molecule has 7 heteroatoms. The summed E-state index contributed by atoms with van der Waals surface area (Å²) in [6.45, 7) is 0.477. The second kappa shape index (κ2) is 5.18. The van der Waals surface area contributed by atoms with E-state index in [4.69, 9.17) is 9.94 Å². The van der Waals surface area contributed by atoms with Gasteiger partial charge >= 0.3 is 5.97 Å². The molecule has 18 heavy (non-hydrogen) atoms. The monoisotopic (exact) mass is 268 g/mol. The van der Waals surface area contributed by atoms with E-state index in [0.717, 1.165) is 5.56 Å². The van der Waals surface area contributed by atoms with Crippen LogP contribution in [0.4, 0.5) is 0 Å². The molecule has 1 aliphatic heterocycles. The fourth-order valence-corrected chi connectivity index (χ4v) is 2.28. The topological polar surface area (TPSA) is 79.2 Å². The highest BCUT2D eigenvalue weighted by Gasteiger charge is 2.33. The van der Waals surface area contributed by atoms with Gasteiger partial charge in [-0.3, -0.25) is 4.79 Å². The van der Waals surface area contributed by atoms with Crippen LogP contribution in [0.25, 0.3) is 0 Å². The van der Waals surface area contributed by atoms with Crippen molar-refractivity contribution >= 4 is 28.9 Å². The molecule has 1 aromatic heterocycles. The summed E-state index contributed by atoms with van der Waals surface area (Å²) < 4.78 is 0. The number of hydrogen-bond donors (Lipinski definition) is 1. The fraction of sp³-hybridized carbons (Fsp3) is 0.364. The summed E-state index contributed by atoms with van der Waals surface area (Å²) in [6, 6.07) is 1.93. The number of carboxylic acid groups (broad SMARTS) is 1. The smallest absolute Gasteiger partial charge is 0.353 e. The first-order valence-corrected chi connectivity index (χ1v) is 6.24. The summed E-state index contributed by atoms with van der Waals surface area (Å²) in [5.74, 6) is -1.41. The Morgan fingerprint density at radius 2 is 2.44 bits per heavy atom. The Morgan fingerprint density at radius 3 is 3.00 bits per heavy atom. The van der Waals surface area contributed by atoms with Crippen LogP contribution in [0.15, 0.2) is 22.0 Å². The van der Waals surface area contributed by atoms with Gasteiger partial charge in [-0.25, -0.2) is 4.79 Å². The van der Waals surface area contributed by atoms with Crippen LogP contribution in [0.1, 0.15) is 12.0 Å². The molecule has 1 amide bonds. The van der Waals surface area contributed by atoms with Crippen LogP contribution >= 0.6 is 11.3 Å². The third-order valence-corrected chi connectivity index (χ3v) is 3.30. The lowest BCUT2D eigenvalue weighted by atomic mass is 10.1. The molecule has 0 bridgehead atoms. The SMILES string of the molecule is CN(Cc1ccsc1)C(=O)C1CC(C(=O)O)=NO1. The second-order valence-electron chi connectivity index (χ2n) is 3.97. The third kappa shape index (κ3) is 2.67. The first kappa shape index (κ1) is 12.6. The van der Waals surface area contributed by atoms with Crippen LogP contribution in [-0.4, -0.2) is 40.7 Å². The molecule has 1 unspecified atom stereocenters. The van der Waals surface area contributed by atoms with E-state index in [9.17, 15) is 9.59 Å². The van der Waals surface area contributed by atoms with Gasteiger partial charge in [0.15, 0.2) is 5.71 Å². The number of hydrogen-bond acceptors (Lipinski definition) is 5. The highest BCUT2D eigenvalue weighted by atomic mass is 32.1. The first-order chi connectivity index (χ1) is 8.58. The van der Waals surface area contributed by atoms with E-state index in [1.807, 2.05) is 16.8 Å². The quantitative estimate of drug-likeness (QED) is 0.881. The van der Waals surface area contributed by atoms with Crippen molar-refractivity contribution in [3.63, 3.8) is 0 Å². The molecule has 0 fully saturated rings. The van der Waals surface area contributed by atoms with Gasteiger partial charge in [-0.2, -0.15) is 11.3 Å². The Bertz CT molecular complexity index is 483. The minimum atomic E-state index is -1.15. The van der Waals surface area contributed by atoms with E-state index in [-0.39, 0.29) is 18.0 Å². The minimum Gasteiger partial charge on any atom is -0.477 e. The zero-order valence-electron chi connectivity index (χ0n) is 9.70. The number of carbonyl (C=O) groups excluding carboxylic acids is 1. The van der Waals surface area contributed by atoms with E-state index in [1.165, 1.54) is 4.90 Å². The summed E-state index contributed by atoms with van der Waals surface area (Å²) in [6.07, 6.45) is -0.804. The molecule has 2 rings (SSSR count). The van der Waals surface area contributed by atoms with Gasteiger partial charge in [0, 0.05) is 20.0 Å². The van der Waals surface area contributed by atoms with E-state index in [2.05, 4.69) is 5.16 Å². The van der Waals surface area contributed by atoms with E-state index in [0.29, 0.717) is 6.54 Å². The molecule has 6 nitrogen and oxygen atoms in total. The van der Waals surface area contributed by atoms with Gasteiger partial charge in [-0.1, -0.05) is 5.16 Å². The lowest BCUT2D eigenvalue weighted by Gasteiger charge is -2.19. The minimum absolute atomic E-state index is 0.0160. The van der Waals surface area contributed by atoms with Crippen molar-refractivity contribution < 1.29 is 19.5 Å². The Balaban J connectivity index is 1.91. The molecule has 0 aromatic carbocycles. The Kier molecular flexibility index (Phi) is 3.61. The summed E-state index contributed by atoms with van der Waals surface area (Å²) in [5.41, 5.74) is 0.922. The van der Waals surface area contributed by atoms with Crippen molar-refractivity contribution in [1.29, 1.82) is 0 Å². The molecule has 1 aromatic rings. The second-order valence-corrected chi connectivity index (χ2v) is 4.75. The lowest BCUT2D eigenvalue weighted by molar-refractivity contribution is -0.141. The number of oxime groups is 1. The standard InChI is InChI=1S/C11H12N2O4S/c1-13(5-7-2-3-18-6-7)10(14)9-4-8(11(15)16)12-17-9/h2-3,6,9H,4-5H2,1H3,(H,15,16). The molecule has 2 heterocycles. The van der Waals surface area contributed by atoms with E-state index in [1.54, 1.807) is 18.4 Å². The van der Waals surface area contributed by atoms with Crippen molar-refractivity contribution in [2.24, 2.45) is 5.16 Å². The normalized spacial score (nSPS) is 18.1. The number of likely N-dealkylation sites (N-methyl/N-ethyl adjacent to an activating group) is 1. The van der Waals surface area contributed by atoms with Gasteiger partial charge in [0.2, 0.25) is 6.10 Å². The van der Waals surface area contributed by atoms with E-state index >= 15 is 0 Å². The van der Waals surface area contributed by atoms with Gasteiger partial charge in [0.1, 0.15) is 0 Å². The molecule has 96 valence electrons. The lowest BCUT2D eigenvalue weighted by Crippen LogP contribution is -2.36. The van der Waals surface area contributed by atoms with Gasteiger partial charge < -0.3 is 14.8 Å². The van der Waals surface area contributed by atoms with Crippen molar-refractivity contribution in [3.05, 3.63) is 22.4 Å². The van der Waals surface area contributed by atoms with Crippen LogP contribution in [0.5, 0.6) is 0 Å². The molecule has 0 radical (unpaired) electrons. The van der Waals surface area contributed by atoms with Gasteiger partial charge in [0.25, 0.3) is 5.91 Å². The first-order valence-electron chi connectivity index (χ1n) is 5.30. The van der Waals surface area contributed by atoms with Crippen LogP contribution in [-0.2, 0) is 21.0 Å². The van der Waals surface area contributed by atoms with Gasteiger partial charge in [0.05, 0.1) is 0 Å². The molecular weight excluding hydrogens is 256 g/mol. The van der Waals surface area contributed by atoms with Crippen LogP contribution in [0.3, 0.4) is 0 Å². The van der Waals surface area contributed by atoms with Crippen LogP contribution < -0.4 is 0 Å². The summed E-state index contributed by atoms with van der Waals surface area (Å²) in [7, 11) is 1.65. The molecular formula is C11H12N2O4S. The highest BCUT2D eigenvalue weighted by molar-refractivity contribution is 7.07. The zero-order chi connectivity index (χ0) is 13.1. The Labute approximate surface area is 107 Å². The summed E-state index contributed by atoms with van der Waals surface area (Å²) in [5, 5.41) is 16.0. The molecule has 0 aliphatic carbocycles. The molecule has 0 saturated heterocycles. The number of carbonyl (C=O) groups is 2. The number of rotatable bonds is 4. The van der Waals surface area contributed by atoms with E-state index < -0.39 is 12.1 Å². The molecule has 1 N–H and O–H groups in total. The summed E-state index contributed by atoms with van der Waals surface area (Å²) >= 11 is 1.56. The van der Waals surface area contributed by atoms with Crippen LogP contribution in [0.2, 0.25) is 0 Å². The van der Waals surface area contributed by atoms with Gasteiger partial charge in [-0.05, 0) is 22.4 Å².